The van der Waals surface area contributed by atoms with Gasteiger partial charge in [0, 0.05) is 26.1 Å². The van der Waals surface area contributed by atoms with Crippen molar-refractivity contribution in [3.8, 4) is 0 Å². The molecule has 0 aromatic heterocycles. The van der Waals surface area contributed by atoms with E-state index in [1.807, 2.05) is 0 Å². The minimum Gasteiger partial charge on any atom is -0.391 e. The van der Waals surface area contributed by atoms with E-state index in [0.717, 1.165) is 45.0 Å². The van der Waals surface area contributed by atoms with Crippen LogP contribution in [0.2, 0.25) is 0 Å². The Morgan fingerprint density at radius 1 is 1.42 bits per heavy atom. The first-order chi connectivity index (χ1) is 8.88. The zero-order valence-corrected chi connectivity index (χ0v) is 11.7. The van der Waals surface area contributed by atoms with Crippen LogP contribution in [0.3, 0.4) is 0 Å². The minimum atomic E-state index is -3.67. The van der Waals surface area contributed by atoms with E-state index in [9.17, 15) is 8.42 Å². The summed E-state index contributed by atoms with van der Waals surface area (Å²) in [6.07, 6.45) is 1.59. The van der Waals surface area contributed by atoms with Gasteiger partial charge in [-0.3, -0.25) is 9.45 Å². The third-order valence-corrected chi connectivity index (χ3v) is 2.54. The van der Waals surface area contributed by atoms with Crippen molar-refractivity contribution in [2.24, 2.45) is 5.16 Å². The highest BCUT2D eigenvalue weighted by atomic mass is 32.2. The monoisotopic (exact) mass is 296 g/mol. The van der Waals surface area contributed by atoms with Gasteiger partial charge in [0.15, 0.2) is 0 Å². The van der Waals surface area contributed by atoms with E-state index in [0.29, 0.717) is 6.26 Å². The standard InChI is InChI=1S/C9H16N2O3.CH4O3S/c12-7-8-5-9(14-10-8)6-11-1-3-13-4-2-11;1-5(2,3)4/h9,12H,1-7H2;1H3,(H,2,3,4). The first kappa shape index (κ1) is 16.3. The molecule has 1 saturated heterocycles. The number of aliphatic hydroxyl groups is 1. The fourth-order valence-corrected chi connectivity index (χ4v) is 1.75. The second kappa shape index (κ2) is 7.75. The van der Waals surface area contributed by atoms with Gasteiger partial charge in [0.2, 0.25) is 0 Å². The van der Waals surface area contributed by atoms with Gasteiger partial charge < -0.3 is 14.7 Å². The van der Waals surface area contributed by atoms with E-state index in [1.165, 1.54) is 0 Å². The summed E-state index contributed by atoms with van der Waals surface area (Å²) in [4.78, 5) is 7.51. The van der Waals surface area contributed by atoms with Gasteiger partial charge in [0.05, 0.1) is 31.8 Å². The van der Waals surface area contributed by atoms with Crippen LogP contribution in [0.1, 0.15) is 6.42 Å². The molecule has 19 heavy (non-hydrogen) atoms. The first-order valence-electron chi connectivity index (χ1n) is 5.93. The average Bonchev–Trinajstić information content (AvgIpc) is 2.76. The Kier molecular flexibility index (Phi) is 6.66. The molecule has 2 aliphatic heterocycles. The summed E-state index contributed by atoms with van der Waals surface area (Å²) in [7, 11) is -3.67. The van der Waals surface area contributed by atoms with Gasteiger partial charge in [-0.05, 0) is 0 Å². The number of morpholine rings is 1. The van der Waals surface area contributed by atoms with Gasteiger partial charge in [0.25, 0.3) is 10.1 Å². The smallest absolute Gasteiger partial charge is 0.261 e. The van der Waals surface area contributed by atoms with E-state index in [4.69, 9.17) is 19.2 Å². The number of oxime groups is 1. The zero-order valence-electron chi connectivity index (χ0n) is 10.9. The van der Waals surface area contributed by atoms with E-state index < -0.39 is 10.1 Å². The number of aliphatic hydroxyl groups excluding tert-OH is 1. The van der Waals surface area contributed by atoms with E-state index in [-0.39, 0.29) is 12.7 Å². The Bertz CT molecular complexity index is 383. The maximum atomic E-state index is 9.19. The highest BCUT2D eigenvalue weighted by molar-refractivity contribution is 7.85. The van der Waals surface area contributed by atoms with Crippen molar-refractivity contribution in [3.05, 3.63) is 0 Å². The maximum absolute atomic E-state index is 9.19. The normalized spacial score (nSPS) is 24.2. The average molecular weight is 296 g/mol. The van der Waals surface area contributed by atoms with Crippen LogP contribution >= 0.6 is 0 Å². The lowest BCUT2D eigenvalue weighted by atomic mass is 10.2. The van der Waals surface area contributed by atoms with E-state index in [1.54, 1.807) is 0 Å². The predicted octanol–water partition coefficient (Wildman–Crippen LogP) is -1.04. The fraction of sp³-hybridized carbons (Fsp3) is 0.900. The van der Waals surface area contributed by atoms with Crippen molar-refractivity contribution in [1.82, 2.24) is 4.90 Å². The predicted molar refractivity (Wildman–Crippen MR) is 68.7 cm³/mol. The second-order valence-corrected chi connectivity index (χ2v) is 5.86. The van der Waals surface area contributed by atoms with Crippen LogP contribution in [0, 0.1) is 0 Å². The summed E-state index contributed by atoms with van der Waals surface area (Å²) in [6, 6.07) is 0. The van der Waals surface area contributed by atoms with Gasteiger partial charge in [-0.15, -0.1) is 0 Å². The van der Waals surface area contributed by atoms with Gasteiger partial charge in [-0.2, -0.15) is 8.42 Å². The molecule has 0 spiro atoms. The zero-order chi connectivity index (χ0) is 14.3. The summed E-state index contributed by atoms with van der Waals surface area (Å²) in [6.45, 7) is 4.44. The molecule has 8 nitrogen and oxygen atoms in total. The second-order valence-electron chi connectivity index (χ2n) is 4.39. The van der Waals surface area contributed by atoms with Gasteiger partial charge in [-0.1, -0.05) is 5.16 Å². The molecule has 0 aromatic carbocycles. The Morgan fingerprint density at radius 3 is 2.47 bits per heavy atom. The molecule has 0 bridgehead atoms. The highest BCUT2D eigenvalue weighted by Gasteiger charge is 2.23. The summed E-state index contributed by atoms with van der Waals surface area (Å²) in [5.41, 5.74) is 0.753. The lowest BCUT2D eigenvalue weighted by molar-refractivity contribution is -0.0000408. The van der Waals surface area contributed by atoms with Crippen LogP contribution in [-0.4, -0.2) is 80.5 Å². The molecule has 1 unspecified atom stereocenters. The molecule has 2 N–H and O–H groups in total. The molecule has 2 rings (SSSR count). The van der Waals surface area contributed by atoms with Gasteiger partial charge in [-0.25, -0.2) is 0 Å². The van der Waals surface area contributed by atoms with Gasteiger partial charge >= 0.3 is 0 Å². The Balaban J connectivity index is 0.000000312. The maximum Gasteiger partial charge on any atom is 0.261 e. The molecular formula is C10H20N2O6S. The summed E-state index contributed by atoms with van der Waals surface area (Å²) in [5.74, 6) is 0. The SMILES string of the molecule is CS(=O)(=O)O.OCC1=NOC(CN2CCOCC2)C1. The molecule has 2 heterocycles. The third-order valence-electron chi connectivity index (χ3n) is 2.54. The van der Waals surface area contributed by atoms with Crippen molar-refractivity contribution in [2.45, 2.75) is 12.5 Å². The minimum absolute atomic E-state index is 0.0135. The van der Waals surface area contributed by atoms with Crippen LogP contribution in [-0.2, 0) is 19.7 Å². The summed E-state index contributed by atoms with van der Waals surface area (Å²) >= 11 is 0. The summed E-state index contributed by atoms with van der Waals surface area (Å²) in [5, 5.41) is 12.7. The Hall–Kier alpha value is -0.740. The molecule has 2 aliphatic rings. The number of ether oxygens (including phenoxy) is 1. The molecule has 0 saturated carbocycles. The van der Waals surface area contributed by atoms with E-state index in [2.05, 4.69) is 10.1 Å². The van der Waals surface area contributed by atoms with Crippen LogP contribution in [0.4, 0.5) is 0 Å². The van der Waals surface area contributed by atoms with Crippen LogP contribution < -0.4 is 0 Å². The largest absolute Gasteiger partial charge is 0.391 e. The fourth-order valence-electron chi connectivity index (χ4n) is 1.75. The lowest BCUT2D eigenvalue weighted by Crippen LogP contribution is -2.41. The number of nitrogens with zero attached hydrogens (tertiary/aromatic N) is 2. The molecule has 0 aromatic rings. The molecule has 1 atom stereocenters. The van der Waals surface area contributed by atoms with Crippen molar-refractivity contribution in [2.75, 3.05) is 45.7 Å². The van der Waals surface area contributed by atoms with Crippen molar-refractivity contribution in [3.63, 3.8) is 0 Å². The molecule has 1 fully saturated rings. The number of hydrogen-bond acceptors (Lipinski definition) is 7. The van der Waals surface area contributed by atoms with Crippen LogP contribution in [0.15, 0.2) is 5.16 Å². The molecular weight excluding hydrogens is 276 g/mol. The Morgan fingerprint density at radius 2 is 2.00 bits per heavy atom. The van der Waals surface area contributed by atoms with Crippen molar-refractivity contribution >= 4 is 15.8 Å². The van der Waals surface area contributed by atoms with Crippen molar-refractivity contribution in [1.29, 1.82) is 0 Å². The number of hydrogen-bond donors (Lipinski definition) is 2. The highest BCUT2D eigenvalue weighted by Crippen LogP contribution is 2.12. The van der Waals surface area contributed by atoms with Crippen LogP contribution in [0.25, 0.3) is 0 Å². The third kappa shape index (κ3) is 8.11. The summed E-state index contributed by atoms with van der Waals surface area (Å²) < 4.78 is 31.1. The van der Waals surface area contributed by atoms with E-state index >= 15 is 0 Å². The molecule has 0 amide bonds. The molecule has 0 radical (unpaired) electrons. The molecule has 9 heteroatoms. The van der Waals surface area contributed by atoms with Gasteiger partial charge in [0.1, 0.15) is 6.10 Å². The molecule has 112 valence electrons. The van der Waals surface area contributed by atoms with Crippen molar-refractivity contribution < 1.29 is 27.7 Å². The quantitative estimate of drug-likeness (QED) is 0.640. The Labute approximate surface area is 112 Å². The first-order valence-corrected chi connectivity index (χ1v) is 7.78. The lowest BCUT2D eigenvalue weighted by Gasteiger charge is -2.27. The molecule has 0 aliphatic carbocycles. The van der Waals surface area contributed by atoms with Crippen LogP contribution in [0.5, 0.6) is 0 Å². The topological polar surface area (TPSA) is 109 Å². The number of rotatable bonds is 3.